The number of aliphatic hydroxyl groups excluding tert-OH is 3. The van der Waals surface area contributed by atoms with Crippen LogP contribution in [0.4, 0.5) is 18.0 Å². The lowest BCUT2D eigenvalue weighted by Crippen LogP contribution is -2.52. The molecule has 7 heterocycles. The number of amides is 1. The number of hydrogen-bond donors (Lipinski definition) is 7. The number of thiazole rings is 3. The molecule has 38 heteroatoms. The third-order valence-electron chi connectivity index (χ3n) is 17.9. The van der Waals surface area contributed by atoms with Crippen LogP contribution in [-0.2, 0) is 46.4 Å². The van der Waals surface area contributed by atoms with Crippen molar-refractivity contribution >= 4 is 146 Å². The second-order valence-electron chi connectivity index (χ2n) is 26.0. The number of hydrogen-bond acceptors (Lipinski definition) is 30. The van der Waals surface area contributed by atoms with E-state index in [9.17, 15) is 42.3 Å². The first-order chi connectivity index (χ1) is 60.1. The van der Waals surface area contributed by atoms with Gasteiger partial charge in [-0.05, 0) is 140 Å². The summed E-state index contributed by atoms with van der Waals surface area (Å²) in [5, 5.41) is 43.7. The third-order valence-corrected chi connectivity index (χ3v) is 22.9. The molecule has 4 aliphatic heterocycles. The first-order valence-corrected chi connectivity index (χ1v) is 44.8. The minimum absolute atomic E-state index is 0.0709. The fourth-order valence-electron chi connectivity index (χ4n) is 12.3. The number of halogens is 7. The molecule has 0 spiro atoms. The Balaban J connectivity index is 0.000000202. The molecule has 0 saturated carbocycles. The Hall–Kier alpha value is -9.94. The van der Waals surface area contributed by atoms with Gasteiger partial charge in [0, 0.05) is 123 Å². The van der Waals surface area contributed by atoms with E-state index in [0.717, 1.165) is 35.6 Å². The minimum atomic E-state index is -0.772. The van der Waals surface area contributed by atoms with Gasteiger partial charge in [0.25, 0.3) is 0 Å². The molecule has 660 valence electrons. The number of carbonyl (C=O) groups excluding carboxylic acids is 5. The molecular weight excluding hydrogens is 1930 g/mol. The van der Waals surface area contributed by atoms with Gasteiger partial charge < -0.3 is 80.0 Å². The number of methoxy groups -OCH3 is 3. The fourth-order valence-corrected chi connectivity index (χ4v) is 16.2. The van der Waals surface area contributed by atoms with Crippen LogP contribution in [0.2, 0.25) is 0 Å². The number of aliphatic imine (C=N–C) groups is 3. The van der Waals surface area contributed by atoms with Crippen LogP contribution < -0.4 is 35.9 Å². The number of carbonyl (C=O) groups is 5. The molecule has 124 heavy (non-hydrogen) atoms. The van der Waals surface area contributed by atoms with Crippen LogP contribution in [0.1, 0.15) is 99.0 Å². The Morgan fingerprint density at radius 3 is 1.39 bits per heavy atom. The summed E-state index contributed by atoms with van der Waals surface area (Å²) in [6, 6.07) is 33.1. The van der Waals surface area contributed by atoms with Gasteiger partial charge in [0.1, 0.15) is 59.1 Å². The van der Waals surface area contributed by atoms with Crippen molar-refractivity contribution in [2.24, 2.45) is 20.7 Å². The number of fused-ring (bicyclic) bond motifs is 1. The highest BCUT2D eigenvalue weighted by Gasteiger charge is 2.42. The van der Waals surface area contributed by atoms with Gasteiger partial charge in [-0.1, -0.05) is 106 Å². The zero-order valence-corrected chi connectivity index (χ0v) is 77.4. The molecule has 28 nitrogen and oxygen atoms in total. The van der Waals surface area contributed by atoms with Gasteiger partial charge in [0.2, 0.25) is 0 Å². The van der Waals surface area contributed by atoms with Gasteiger partial charge in [0.05, 0.1) is 96.5 Å². The summed E-state index contributed by atoms with van der Waals surface area (Å²) >= 11 is 17.9. The molecule has 0 bridgehead atoms. The Labute approximate surface area is 761 Å². The number of aliphatic hydroxyl groups is 3. The average molecular weight is 2020 g/mol. The SMILES string of the molecule is CCOC(=O)C1=C(CBr)NC(c2nccs2)=N[C@H]1c1ccc(F)cc1Br.CCOC(=O)C1=C(CN(CCO)Cc2ccc(OC)cc2)NC(c2nccs2)=N[C@H]1c1ccc(F)cc1Br.CCOC(=O)C1=C2CN(C(=O)OCC)CCN2C(c2nccs2)=N[C@H]1c1ccc(F)cc1Br.COc1ccc(C=O)cc1.COc1ccc(CNCCO)cc1.NCCO. The van der Waals surface area contributed by atoms with Crippen molar-refractivity contribution < 1.29 is 85.6 Å². The summed E-state index contributed by atoms with van der Waals surface area (Å²) in [5.41, 5.74) is 12.4. The fraction of sp³-hybridized carbons (Fsp3) is 0.314. The highest BCUT2D eigenvalue weighted by atomic mass is 79.9. The molecular formula is C86H94Br4F3N13O15S3. The normalized spacial score (nSPS) is 15.1. The highest BCUT2D eigenvalue weighted by Crippen LogP contribution is 2.43. The number of esters is 3. The van der Waals surface area contributed by atoms with E-state index in [0.29, 0.717) is 153 Å². The Bertz CT molecular complexity index is 5160. The van der Waals surface area contributed by atoms with Gasteiger partial charge in [-0.15, -0.1) is 34.0 Å². The number of ether oxygens (including phenoxy) is 7. The van der Waals surface area contributed by atoms with Gasteiger partial charge in [-0.3, -0.25) is 24.7 Å². The van der Waals surface area contributed by atoms with E-state index in [1.165, 1.54) is 76.0 Å². The standard InChI is InChI=1S/C27H28BrFN4O4S.C22H22BrFN4O4S.C17H14Br2FN3O2S.C10H15NO2.C8H8O2.C2H7NO/c1-3-37-27(35)23-22(16-33(11-12-34)15-17-4-7-19(36-2)8-5-17)31-25(26-30-10-13-38-26)32-24(23)20-9-6-18(29)14-21(20)28;1-3-31-21(29)17-16-12-27(22(30)32-4-2)8-9-28(16)19(20-25-7-10-33-20)26-18(17)14-6-5-13(24)11-15(14)23;1-2-25-17(24)13-12(8-18)22-15(16-21-5-6-26-16)23-14(13)10-4-3-9(20)7-11(10)19;1-13-10-4-2-9(3-5-10)8-11-6-7-12;1-10-8-4-2-7(6-9)3-5-8;3-1-2-4/h4-10,13-14,24,34H,3,11-12,15-16H2,1-2H3,(H,31,32);5-7,10-11,18H,3-4,8-9,12H2,1-2H3;3-7,14H,2,8H2,1H3,(H,22,23);2-5,11-12H,6-8H2,1H3;2-6H,1H3;4H,1-3H2/t24-;18-;14-;;;/m000.../s1. The molecule has 1 fully saturated rings. The van der Waals surface area contributed by atoms with Crippen molar-refractivity contribution in [3.63, 3.8) is 0 Å². The zero-order chi connectivity index (χ0) is 89.6. The number of alkyl halides is 1. The van der Waals surface area contributed by atoms with Crippen molar-refractivity contribution in [2.45, 2.75) is 58.9 Å². The summed E-state index contributed by atoms with van der Waals surface area (Å²) < 4.78 is 79.2. The lowest BCUT2D eigenvalue weighted by molar-refractivity contribution is -0.140. The molecule has 3 aromatic heterocycles. The number of aromatic nitrogens is 3. The smallest absolute Gasteiger partial charge is 0.410 e. The Kier molecular flexibility index (Phi) is 41.8. The van der Waals surface area contributed by atoms with Crippen LogP contribution in [0.3, 0.4) is 0 Å². The van der Waals surface area contributed by atoms with E-state index in [1.807, 2.05) is 74.5 Å². The maximum Gasteiger partial charge on any atom is 0.410 e. The van der Waals surface area contributed by atoms with Gasteiger partial charge in [-0.25, -0.2) is 47.3 Å². The molecule has 1 amide bonds. The predicted octanol–water partition coefficient (Wildman–Crippen LogP) is 14.2. The number of piperazine rings is 1. The summed E-state index contributed by atoms with van der Waals surface area (Å²) in [4.78, 5) is 94.8. The number of amidine groups is 3. The summed E-state index contributed by atoms with van der Waals surface area (Å²) in [5.74, 6) is 1.32. The van der Waals surface area contributed by atoms with E-state index in [2.05, 4.69) is 99.6 Å². The molecule has 3 atom stereocenters. The molecule has 0 aliphatic carbocycles. The molecule has 0 unspecified atom stereocenters. The van der Waals surface area contributed by atoms with E-state index in [-0.39, 0.29) is 58.6 Å². The van der Waals surface area contributed by atoms with Crippen molar-refractivity contribution in [3.05, 3.63) is 275 Å². The van der Waals surface area contributed by atoms with Crippen LogP contribution in [0, 0.1) is 17.5 Å². The number of nitrogens with one attached hydrogen (secondary N) is 3. The number of rotatable bonds is 29. The van der Waals surface area contributed by atoms with Gasteiger partial charge in [-0.2, -0.15) is 0 Å². The molecule has 9 aromatic rings. The minimum Gasteiger partial charge on any atom is -0.497 e. The Morgan fingerprint density at radius 2 is 0.984 bits per heavy atom. The molecule has 8 N–H and O–H groups in total. The maximum atomic E-state index is 14.0. The van der Waals surface area contributed by atoms with Crippen molar-refractivity contribution in [1.82, 2.24) is 45.6 Å². The number of allylic oxidation sites excluding steroid dienone is 1. The highest BCUT2D eigenvalue weighted by molar-refractivity contribution is 9.11. The summed E-state index contributed by atoms with van der Waals surface area (Å²) in [7, 11) is 4.86. The van der Waals surface area contributed by atoms with Gasteiger partial charge >= 0.3 is 24.0 Å². The monoisotopic (exact) mass is 2020 g/mol. The number of aldehydes is 1. The topological polar surface area (TPSA) is 358 Å². The quantitative estimate of drug-likeness (QED) is 0.00752. The largest absolute Gasteiger partial charge is 0.497 e. The van der Waals surface area contributed by atoms with Crippen LogP contribution >= 0.6 is 97.7 Å². The van der Waals surface area contributed by atoms with Crippen LogP contribution in [-0.4, -0.2) is 211 Å². The molecule has 1 saturated heterocycles. The van der Waals surface area contributed by atoms with Crippen LogP contribution in [0.5, 0.6) is 17.2 Å². The summed E-state index contributed by atoms with van der Waals surface area (Å²) in [6.45, 7) is 11.9. The molecule has 0 radical (unpaired) electrons. The van der Waals surface area contributed by atoms with E-state index < -0.39 is 53.8 Å². The van der Waals surface area contributed by atoms with Crippen LogP contribution in [0.25, 0.3) is 0 Å². The second-order valence-corrected chi connectivity index (χ2v) is 31.8. The van der Waals surface area contributed by atoms with Crippen LogP contribution in [0.15, 0.2) is 224 Å². The predicted molar refractivity (Wildman–Crippen MR) is 484 cm³/mol. The molecule has 4 aliphatic rings. The maximum absolute atomic E-state index is 14.0. The van der Waals surface area contributed by atoms with Crippen molar-refractivity contribution in [2.75, 3.05) is 119 Å². The average Bonchev–Trinajstić information content (AvgIpc) is 1.05. The lowest BCUT2D eigenvalue weighted by Gasteiger charge is -2.42. The number of benzene rings is 6. The number of nitrogens with two attached hydrogens (primary N) is 1. The van der Waals surface area contributed by atoms with E-state index in [4.69, 9.17) is 59.1 Å². The first-order valence-electron chi connectivity index (χ1n) is 38.6. The third kappa shape index (κ3) is 28.5. The van der Waals surface area contributed by atoms with E-state index >= 15 is 0 Å². The number of nitrogens with zero attached hydrogens (tertiary/aromatic N) is 9. The van der Waals surface area contributed by atoms with E-state index in [1.54, 1.807) is 115 Å². The Morgan fingerprint density at radius 1 is 0.556 bits per heavy atom. The lowest BCUT2D eigenvalue weighted by atomic mass is 9.93. The second kappa shape index (κ2) is 52.1. The van der Waals surface area contributed by atoms with Crippen molar-refractivity contribution in [3.8, 4) is 17.2 Å². The molecule has 6 aromatic carbocycles. The van der Waals surface area contributed by atoms with Gasteiger partial charge in [0.15, 0.2) is 32.5 Å². The summed E-state index contributed by atoms with van der Waals surface area (Å²) in [6.07, 6.45) is 5.40. The molecule has 13 rings (SSSR count). The zero-order valence-electron chi connectivity index (χ0n) is 68.6. The first kappa shape index (κ1) is 99.5. The van der Waals surface area contributed by atoms with Crippen molar-refractivity contribution in [1.29, 1.82) is 0 Å².